The molecule has 2 unspecified atom stereocenters. The van der Waals surface area contributed by atoms with Crippen LogP contribution in [-0.4, -0.2) is 28.6 Å². The van der Waals surface area contributed by atoms with E-state index in [9.17, 15) is 0 Å². The second-order valence-electron chi connectivity index (χ2n) is 4.27. The Bertz CT molecular complexity index is 329. The first-order chi connectivity index (χ1) is 7.79. The van der Waals surface area contributed by atoms with Gasteiger partial charge < -0.3 is 10.1 Å². The number of hydrogen-bond donors (Lipinski definition) is 1. The third-order valence-corrected chi connectivity index (χ3v) is 3.70. The summed E-state index contributed by atoms with van der Waals surface area (Å²) >= 11 is 1.46. The van der Waals surface area contributed by atoms with Crippen LogP contribution in [0.4, 0.5) is 5.13 Å². The fraction of sp³-hybridized carbons (Fsp3) is 0.818. The molecule has 4 nitrogen and oxygen atoms in total. The molecule has 0 bridgehead atoms. The third-order valence-electron chi connectivity index (χ3n) is 2.99. The molecule has 1 aromatic rings. The van der Waals surface area contributed by atoms with E-state index in [0.29, 0.717) is 12.0 Å². The van der Waals surface area contributed by atoms with Crippen LogP contribution in [0.2, 0.25) is 0 Å². The molecule has 1 aromatic heterocycles. The normalized spacial score (nSPS) is 24.9. The Morgan fingerprint density at radius 3 is 3.12 bits per heavy atom. The highest BCUT2D eigenvalue weighted by molar-refractivity contribution is 7.09. The lowest BCUT2D eigenvalue weighted by atomic mass is 10.0. The average molecular weight is 241 g/mol. The first-order valence-corrected chi connectivity index (χ1v) is 6.75. The second kappa shape index (κ2) is 5.59. The van der Waals surface area contributed by atoms with Crippen LogP contribution in [0, 0.1) is 5.92 Å². The number of nitrogens with one attached hydrogen (secondary N) is 1. The van der Waals surface area contributed by atoms with Gasteiger partial charge in [-0.15, -0.1) is 0 Å². The molecular weight excluding hydrogens is 222 g/mol. The molecule has 16 heavy (non-hydrogen) atoms. The summed E-state index contributed by atoms with van der Waals surface area (Å²) in [5, 5.41) is 4.31. The van der Waals surface area contributed by atoms with Crippen LogP contribution in [0.15, 0.2) is 0 Å². The Kier molecular flexibility index (Phi) is 4.12. The number of rotatable bonds is 5. The summed E-state index contributed by atoms with van der Waals surface area (Å²) in [6.45, 7) is 6.13. The average Bonchev–Trinajstić information content (AvgIpc) is 2.86. The highest BCUT2D eigenvalue weighted by Gasteiger charge is 2.23. The van der Waals surface area contributed by atoms with Crippen LogP contribution in [0.5, 0.6) is 0 Å². The van der Waals surface area contributed by atoms with Gasteiger partial charge >= 0.3 is 0 Å². The Morgan fingerprint density at radius 1 is 1.56 bits per heavy atom. The van der Waals surface area contributed by atoms with Crippen molar-refractivity contribution in [1.29, 1.82) is 0 Å². The number of hydrogen-bond acceptors (Lipinski definition) is 5. The SMILES string of the molecule is CCCc1nsc(NCC2CCOC2C)n1. The maximum Gasteiger partial charge on any atom is 0.202 e. The molecule has 1 saturated heterocycles. The van der Waals surface area contributed by atoms with E-state index in [0.717, 1.165) is 43.4 Å². The van der Waals surface area contributed by atoms with Crippen molar-refractivity contribution >= 4 is 16.7 Å². The van der Waals surface area contributed by atoms with Crippen molar-refractivity contribution in [3.8, 4) is 0 Å². The quantitative estimate of drug-likeness (QED) is 0.859. The van der Waals surface area contributed by atoms with E-state index in [-0.39, 0.29) is 0 Å². The van der Waals surface area contributed by atoms with Gasteiger partial charge in [0, 0.05) is 37.0 Å². The molecule has 1 N–H and O–H groups in total. The monoisotopic (exact) mass is 241 g/mol. The zero-order valence-corrected chi connectivity index (χ0v) is 10.7. The molecule has 0 aromatic carbocycles. The predicted molar refractivity (Wildman–Crippen MR) is 65.9 cm³/mol. The molecule has 0 radical (unpaired) electrons. The lowest BCUT2D eigenvalue weighted by Crippen LogP contribution is -2.20. The number of aryl methyl sites for hydroxylation is 1. The summed E-state index contributed by atoms with van der Waals surface area (Å²) < 4.78 is 9.83. The molecule has 5 heteroatoms. The summed E-state index contributed by atoms with van der Waals surface area (Å²) in [5.74, 6) is 1.57. The molecule has 0 spiro atoms. The number of anilines is 1. The minimum Gasteiger partial charge on any atom is -0.378 e. The van der Waals surface area contributed by atoms with Crippen LogP contribution in [-0.2, 0) is 11.2 Å². The predicted octanol–water partition coefficient (Wildman–Crippen LogP) is 2.33. The first kappa shape index (κ1) is 11.8. The summed E-state index contributed by atoms with van der Waals surface area (Å²) in [4.78, 5) is 4.44. The van der Waals surface area contributed by atoms with Crippen molar-refractivity contribution < 1.29 is 4.74 Å². The van der Waals surface area contributed by atoms with E-state index in [1.54, 1.807) is 0 Å². The van der Waals surface area contributed by atoms with Gasteiger partial charge in [-0.2, -0.15) is 4.37 Å². The lowest BCUT2D eigenvalue weighted by molar-refractivity contribution is 0.108. The summed E-state index contributed by atoms with van der Waals surface area (Å²) in [6, 6.07) is 0. The van der Waals surface area contributed by atoms with Crippen molar-refractivity contribution in [2.24, 2.45) is 5.92 Å². The largest absolute Gasteiger partial charge is 0.378 e. The van der Waals surface area contributed by atoms with Gasteiger partial charge in [0.25, 0.3) is 0 Å². The van der Waals surface area contributed by atoms with Gasteiger partial charge in [-0.05, 0) is 19.8 Å². The minimum absolute atomic E-state index is 0.371. The van der Waals surface area contributed by atoms with E-state index in [1.165, 1.54) is 11.5 Å². The minimum atomic E-state index is 0.371. The van der Waals surface area contributed by atoms with Gasteiger partial charge in [-0.25, -0.2) is 4.98 Å². The molecule has 1 fully saturated rings. The van der Waals surface area contributed by atoms with Gasteiger partial charge in [0.15, 0.2) is 0 Å². The molecule has 1 aliphatic rings. The summed E-state index contributed by atoms with van der Waals surface area (Å²) in [5.41, 5.74) is 0. The molecule has 1 aliphatic heterocycles. The Hall–Kier alpha value is -0.680. The maximum atomic E-state index is 5.52. The van der Waals surface area contributed by atoms with E-state index in [1.807, 2.05) is 0 Å². The van der Waals surface area contributed by atoms with Gasteiger partial charge in [0.2, 0.25) is 5.13 Å². The Labute approximate surface area is 101 Å². The number of ether oxygens (including phenoxy) is 1. The molecule has 2 rings (SSSR count). The Balaban J connectivity index is 1.80. The van der Waals surface area contributed by atoms with Crippen LogP contribution < -0.4 is 5.32 Å². The van der Waals surface area contributed by atoms with Gasteiger partial charge in [0.1, 0.15) is 5.82 Å². The smallest absolute Gasteiger partial charge is 0.202 e. The molecular formula is C11H19N3OS. The Morgan fingerprint density at radius 2 is 2.44 bits per heavy atom. The fourth-order valence-electron chi connectivity index (χ4n) is 1.91. The van der Waals surface area contributed by atoms with Crippen molar-refractivity contribution in [2.45, 2.75) is 39.2 Å². The highest BCUT2D eigenvalue weighted by atomic mass is 32.1. The van der Waals surface area contributed by atoms with Crippen LogP contribution in [0.1, 0.15) is 32.5 Å². The topological polar surface area (TPSA) is 47.0 Å². The third kappa shape index (κ3) is 2.92. The number of aromatic nitrogens is 2. The van der Waals surface area contributed by atoms with Crippen LogP contribution in [0.25, 0.3) is 0 Å². The second-order valence-corrected chi connectivity index (χ2v) is 5.02. The van der Waals surface area contributed by atoms with E-state index in [4.69, 9.17) is 4.74 Å². The van der Waals surface area contributed by atoms with E-state index in [2.05, 4.69) is 28.5 Å². The number of nitrogens with zero attached hydrogens (tertiary/aromatic N) is 2. The van der Waals surface area contributed by atoms with Crippen LogP contribution >= 0.6 is 11.5 Å². The lowest BCUT2D eigenvalue weighted by Gasteiger charge is -2.13. The zero-order chi connectivity index (χ0) is 11.4. The van der Waals surface area contributed by atoms with Crippen molar-refractivity contribution in [3.63, 3.8) is 0 Å². The van der Waals surface area contributed by atoms with Gasteiger partial charge in [-0.1, -0.05) is 6.92 Å². The van der Waals surface area contributed by atoms with Crippen molar-refractivity contribution in [2.75, 3.05) is 18.5 Å². The molecule has 90 valence electrons. The van der Waals surface area contributed by atoms with Gasteiger partial charge in [-0.3, -0.25) is 0 Å². The zero-order valence-electron chi connectivity index (χ0n) is 9.90. The van der Waals surface area contributed by atoms with Crippen LogP contribution in [0.3, 0.4) is 0 Å². The molecule has 0 aliphatic carbocycles. The fourth-order valence-corrected chi connectivity index (χ4v) is 2.53. The molecule has 0 amide bonds. The standard InChI is InChI=1S/C11H19N3OS/c1-3-4-10-13-11(16-14-10)12-7-9-5-6-15-8(9)2/h8-9H,3-7H2,1-2H3,(H,12,13,14). The first-order valence-electron chi connectivity index (χ1n) is 5.97. The summed E-state index contributed by atoms with van der Waals surface area (Å²) in [6.07, 6.45) is 3.59. The maximum absolute atomic E-state index is 5.52. The van der Waals surface area contributed by atoms with Gasteiger partial charge in [0.05, 0.1) is 6.10 Å². The molecule has 2 heterocycles. The van der Waals surface area contributed by atoms with Crippen molar-refractivity contribution in [1.82, 2.24) is 9.36 Å². The molecule has 0 saturated carbocycles. The molecule has 2 atom stereocenters. The highest BCUT2D eigenvalue weighted by Crippen LogP contribution is 2.21. The summed E-state index contributed by atoms with van der Waals surface area (Å²) in [7, 11) is 0. The van der Waals surface area contributed by atoms with E-state index >= 15 is 0 Å². The van der Waals surface area contributed by atoms with Crippen molar-refractivity contribution in [3.05, 3.63) is 5.82 Å². The van der Waals surface area contributed by atoms with E-state index < -0.39 is 0 Å².